The Bertz CT molecular complexity index is 933. The van der Waals surface area contributed by atoms with Gasteiger partial charge in [0.15, 0.2) is 5.41 Å². The van der Waals surface area contributed by atoms with E-state index in [0.717, 1.165) is 11.1 Å². The van der Waals surface area contributed by atoms with E-state index in [9.17, 15) is 14.4 Å². The monoisotopic (exact) mass is 405 g/mol. The van der Waals surface area contributed by atoms with Gasteiger partial charge in [-0.3, -0.25) is 19.3 Å². The highest BCUT2D eigenvalue weighted by Crippen LogP contribution is 2.37. The Kier molecular flexibility index (Phi) is 6.83. The van der Waals surface area contributed by atoms with Crippen LogP contribution in [-0.4, -0.2) is 35.8 Å². The molecule has 2 amide bonds. The first kappa shape index (κ1) is 21.5. The van der Waals surface area contributed by atoms with E-state index >= 15 is 0 Å². The molecule has 0 radical (unpaired) electrons. The largest absolute Gasteiger partial charge is 0.465 e. The summed E-state index contributed by atoms with van der Waals surface area (Å²) in [6, 6.07) is 16.6. The average Bonchev–Trinajstić information content (AvgIpc) is 2.76. The second-order valence-corrected chi connectivity index (χ2v) is 7.55. The molecule has 0 N–H and O–H groups in total. The van der Waals surface area contributed by atoms with Crippen LogP contribution in [0.5, 0.6) is 0 Å². The molecular weight excluding hydrogens is 378 g/mol. The maximum absolute atomic E-state index is 13.4. The van der Waals surface area contributed by atoms with Crippen LogP contribution in [0, 0.1) is 12.3 Å². The van der Waals surface area contributed by atoms with Gasteiger partial charge in [0.05, 0.1) is 6.61 Å². The van der Waals surface area contributed by atoms with Gasteiger partial charge in [-0.25, -0.2) is 0 Å². The van der Waals surface area contributed by atoms with E-state index < -0.39 is 17.3 Å². The molecule has 1 unspecified atom stereocenters. The third kappa shape index (κ3) is 4.51. The zero-order chi connectivity index (χ0) is 21.6. The van der Waals surface area contributed by atoms with Crippen molar-refractivity contribution in [2.75, 3.05) is 13.2 Å². The Morgan fingerprint density at radius 3 is 2.47 bits per heavy atom. The van der Waals surface area contributed by atoms with E-state index in [2.05, 4.69) is 0 Å². The molecule has 1 saturated heterocycles. The van der Waals surface area contributed by atoms with Crippen LogP contribution < -0.4 is 0 Å². The number of likely N-dealkylation sites (tertiary alicyclic amines) is 1. The highest BCUT2D eigenvalue weighted by atomic mass is 16.5. The Hall–Kier alpha value is -3.21. The van der Waals surface area contributed by atoms with Crippen LogP contribution in [0.1, 0.15) is 47.7 Å². The van der Waals surface area contributed by atoms with Gasteiger partial charge in [0.2, 0.25) is 5.91 Å². The van der Waals surface area contributed by atoms with E-state index in [0.29, 0.717) is 24.9 Å². The van der Waals surface area contributed by atoms with Crippen LogP contribution in [0.4, 0.5) is 0 Å². The topological polar surface area (TPSA) is 63.7 Å². The van der Waals surface area contributed by atoms with Gasteiger partial charge in [0.1, 0.15) is 0 Å². The number of rotatable bonds is 6. The molecule has 1 atom stereocenters. The molecule has 1 heterocycles. The van der Waals surface area contributed by atoms with Gasteiger partial charge in [-0.05, 0) is 50.8 Å². The molecule has 1 fully saturated rings. The van der Waals surface area contributed by atoms with Crippen LogP contribution in [0.25, 0.3) is 6.08 Å². The lowest BCUT2D eigenvalue weighted by atomic mass is 9.75. The fourth-order valence-corrected chi connectivity index (χ4v) is 3.74. The number of allylic oxidation sites excluding steroid dienone is 1. The third-order valence-electron chi connectivity index (χ3n) is 5.43. The number of nitrogens with zero attached hydrogens (tertiary/aromatic N) is 1. The van der Waals surface area contributed by atoms with Crippen molar-refractivity contribution in [2.24, 2.45) is 5.41 Å². The van der Waals surface area contributed by atoms with Gasteiger partial charge >= 0.3 is 5.97 Å². The van der Waals surface area contributed by atoms with Crippen LogP contribution in [0.2, 0.25) is 0 Å². The molecule has 30 heavy (non-hydrogen) atoms. The summed E-state index contributed by atoms with van der Waals surface area (Å²) in [6.45, 7) is 4.22. The molecule has 3 rings (SSSR count). The number of hydrogen-bond donors (Lipinski definition) is 0. The molecule has 0 bridgehead atoms. The number of piperidine rings is 1. The van der Waals surface area contributed by atoms with Crippen molar-refractivity contribution < 1.29 is 19.1 Å². The Morgan fingerprint density at radius 1 is 1.10 bits per heavy atom. The minimum absolute atomic E-state index is 0.183. The summed E-state index contributed by atoms with van der Waals surface area (Å²) in [5, 5.41) is 0. The zero-order valence-corrected chi connectivity index (χ0v) is 17.5. The molecule has 5 nitrogen and oxygen atoms in total. The molecule has 0 spiro atoms. The van der Waals surface area contributed by atoms with E-state index in [4.69, 9.17) is 4.74 Å². The highest BCUT2D eigenvalue weighted by Gasteiger charge is 2.52. The number of imide groups is 1. The maximum Gasteiger partial charge on any atom is 0.321 e. The van der Waals surface area contributed by atoms with Crippen LogP contribution in [0.3, 0.4) is 0 Å². The van der Waals surface area contributed by atoms with Crippen molar-refractivity contribution in [3.05, 3.63) is 77.4 Å². The standard InChI is InChI=1S/C25H27NO4/c1-3-30-24(29)25(16-7-9-20-14-12-19(2)13-15-20)17-8-18-26(23(25)28)22(27)21-10-5-4-6-11-21/h4-7,9-15H,3,8,16-18H2,1-2H3. The molecule has 156 valence electrons. The minimum Gasteiger partial charge on any atom is -0.465 e. The normalized spacial score (nSPS) is 19.1. The average molecular weight is 405 g/mol. The number of aryl methyl sites for hydroxylation is 1. The van der Waals surface area contributed by atoms with Crippen molar-refractivity contribution >= 4 is 23.9 Å². The van der Waals surface area contributed by atoms with E-state index in [1.165, 1.54) is 4.90 Å². The first-order valence-corrected chi connectivity index (χ1v) is 10.3. The molecule has 5 heteroatoms. The zero-order valence-electron chi connectivity index (χ0n) is 17.5. The summed E-state index contributed by atoms with van der Waals surface area (Å²) in [4.78, 5) is 40.5. The van der Waals surface area contributed by atoms with Crippen LogP contribution >= 0.6 is 0 Å². The number of ether oxygens (including phenoxy) is 1. The highest BCUT2D eigenvalue weighted by molar-refractivity contribution is 6.13. The molecular formula is C25H27NO4. The Labute approximate surface area is 177 Å². The summed E-state index contributed by atoms with van der Waals surface area (Å²) < 4.78 is 5.28. The maximum atomic E-state index is 13.4. The Balaban J connectivity index is 1.87. The predicted octanol–water partition coefficient (Wildman–Crippen LogP) is 4.41. The molecule has 0 aliphatic carbocycles. The fraction of sp³-hybridized carbons (Fsp3) is 0.320. The number of esters is 1. The number of benzene rings is 2. The van der Waals surface area contributed by atoms with Crippen molar-refractivity contribution in [1.82, 2.24) is 4.90 Å². The predicted molar refractivity (Wildman–Crippen MR) is 116 cm³/mol. The second kappa shape index (κ2) is 9.53. The summed E-state index contributed by atoms with van der Waals surface area (Å²) in [7, 11) is 0. The summed E-state index contributed by atoms with van der Waals surface area (Å²) in [6.07, 6.45) is 4.84. The first-order valence-electron chi connectivity index (χ1n) is 10.3. The smallest absolute Gasteiger partial charge is 0.321 e. The van der Waals surface area contributed by atoms with Crippen molar-refractivity contribution in [3.8, 4) is 0 Å². The second-order valence-electron chi connectivity index (χ2n) is 7.55. The van der Waals surface area contributed by atoms with Gasteiger partial charge in [-0.2, -0.15) is 0 Å². The van der Waals surface area contributed by atoms with Crippen LogP contribution in [-0.2, 0) is 14.3 Å². The summed E-state index contributed by atoms with van der Waals surface area (Å²) in [5.41, 5.74) is 1.20. The van der Waals surface area contributed by atoms with Gasteiger partial charge < -0.3 is 4.74 Å². The van der Waals surface area contributed by atoms with Crippen molar-refractivity contribution in [1.29, 1.82) is 0 Å². The fourth-order valence-electron chi connectivity index (χ4n) is 3.74. The quantitative estimate of drug-likeness (QED) is 0.406. The van der Waals surface area contributed by atoms with Gasteiger partial charge in [0.25, 0.3) is 5.91 Å². The summed E-state index contributed by atoms with van der Waals surface area (Å²) >= 11 is 0. The molecule has 2 aromatic rings. The van der Waals surface area contributed by atoms with Crippen LogP contribution in [0.15, 0.2) is 60.7 Å². The van der Waals surface area contributed by atoms with Gasteiger partial charge in [-0.1, -0.05) is 60.2 Å². The minimum atomic E-state index is -1.38. The SMILES string of the molecule is CCOC(=O)C1(CC=Cc2ccc(C)cc2)CCCN(C(=O)c2ccccc2)C1=O. The number of carbonyl (C=O) groups excluding carboxylic acids is 3. The van der Waals surface area contributed by atoms with Crippen molar-refractivity contribution in [2.45, 2.75) is 33.1 Å². The van der Waals surface area contributed by atoms with Gasteiger partial charge in [-0.15, -0.1) is 0 Å². The number of hydrogen-bond acceptors (Lipinski definition) is 4. The first-order chi connectivity index (χ1) is 14.5. The lowest BCUT2D eigenvalue weighted by molar-refractivity contribution is -0.166. The van der Waals surface area contributed by atoms with Crippen molar-refractivity contribution in [3.63, 3.8) is 0 Å². The Morgan fingerprint density at radius 2 is 1.80 bits per heavy atom. The van der Waals surface area contributed by atoms with E-state index in [1.54, 1.807) is 31.2 Å². The lowest BCUT2D eigenvalue weighted by Gasteiger charge is -2.38. The van der Waals surface area contributed by atoms with Gasteiger partial charge in [0, 0.05) is 12.1 Å². The molecule has 1 aliphatic rings. The molecule has 2 aromatic carbocycles. The number of carbonyl (C=O) groups is 3. The van der Waals surface area contributed by atoms with E-state index in [-0.39, 0.29) is 18.9 Å². The summed E-state index contributed by atoms with van der Waals surface area (Å²) in [5.74, 6) is -1.42. The number of amides is 2. The lowest BCUT2D eigenvalue weighted by Crippen LogP contribution is -2.55. The molecule has 0 saturated carbocycles. The molecule has 1 aliphatic heterocycles. The molecule has 0 aromatic heterocycles. The van der Waals surface area contributed by atoms with E-state index in [1.807, 2.05) is 49.4 Å². The third-order valence-corrected chi connectivity index (χ3v) is 5.43.